The highest BCUT2D eigenvalue weighted by Gasteiger charge is 2.13. The Labute approximate surface area is 127 Å². The summed E-state index contributed by atoms with van der Waals surface area (Å²) < 4.78 is 1.49. The summed E-state index contributed by atoms with van der Waals surface area (Å²) in [5, 5.41) is 0.706. The summed E-state index contributed by atoms with van der Waals surface area (Å²) in [6, 6.07) is 4.61. The van der Waals surface area contributed by atoms with Crippen LogP contribution in [0.15, 0.2) is 40.0 Å². The molecule has 1 aromatic heterocycles. The molecule has 0 atom stereocenters. The molecule has 0 bridgehead atoms. The molecule has 0 amide bonds. The topological polar surface area (TPSA) is 52.0 Å². The van der Waals surface area contributed by atoms with Crippen LogP contribution in [0, 0.1) is 0 Å². The van der Waals surface area contributed by atoms with Crippen molar-refractivity contribution < 1.29 is 4.79 Å². The first-order valence-corrected chi connectivity index (χ1v) is 6.72. The second-order valence-corrected chi connectivity index (χ2v) is 5.42. The monoisotopic (exact) mass is 360 g/mol. The van der Waals surface area contributed by atoms with Gasteiger partial charge in [-0.15, -0.1) is 0 Å². The largest absolute Gasteiger partial charge is 0.292 e. The Morgan fingerprint density at radius 2 is 2.11 bits per heavy atom. The average Bonchev–Trinajstić information content (AvgIpc) is 2.38. The third kappa shape index (κ3) is 3.23. The molecule has 2 rings (SSSR count). The van der Waals surface area contributed by atoms with Crippen LogP contribution in [-0.4, -0.2) is 15.3 Å². The Morgan fingerprint density at radius 3 is 2.84 bits per heavy atom. The zero-order valence-corrected chi connectivity index (χ0v) is 12.5. The second-order valence-electron chi connectivity index (χ2n) is 3.72. The highest BCUT2D eigenvalue weighted by molar-refractivity contribution is 9.10. The SMILES string of the molecule is O=C(Cn1cncc(Br)c1=O)c1cc(Cl)ccc1Cl. The molecule has 0 radical (unpaired) electrons. The lowest BCUT2D eigenvalue weighted by Crippen LogP contribution is -2.24. The van der Waals surface area contributed by atoms with E-state index in [-0.39, 0.29) is 23.5 Å². The van der Waals surface area contributed by atoms with Gasteiger partial charge in [0.25, 0.3) is 5.56 Å². The molecule has 0 aliphatic carbocycles. The van der Waals surface area contributed by atoms with Crippen molar-refractivity contribution in [3.8, 4) is 0 Å². The van der Waals surface area contributed by atoms with E-state index in [4.69, 9.17) is 23.2 Å². The standard InChI is InChI=1S/C12H7BrCl2N2O2/c13-9-4-16-6-17(12(9)19)5-11(18)8-3-7(14)1-2-10(8)15/h1-4,6H,5H2. The maximum atomic E-state index is 12.1. The predicted molar refractivity (Wildman–Crippen MR) is 77.0 cm³/mol. The van der Waals surface area contributed by atoms with E-state index in [0.29, 0.717) is 14.5 Å². The van der Waals surface area contributed by atoms with Gasteiger partial charge in [0, 0.05) is 16.8 Å². The van der Waals surface area contributed by atoms with Crippen molar-refractivity contribution in [3.05, 3.63) is 61.2 Å². The summed E-state index contributed by atoms with van der Waals surface area (Å²) in [7, 11) is 0. The van der Waals surface area contributed by atoms with Gasteiger partial charge in [0.2, 0.25) is 0 Å². The maximum Gasteiger partial charge on any atom is 0.268 e. The van der Waals surface area contributed by atoms with E-state index < -0.39 is 0 Å². The van der Waals surface area contributed by atoms with Crippen molar-refractivity contribution in [1.82, 2.24) is 9.55 Å². The van der Waals surface area contributed by atoms with Gasteiger partial charge in [-0.2, -0.15) is 0 Å². The first-order valence-electron chi connectivity index (χ1n) is 5.17. The van der Waals surface area contributed by atoms with E-state index in [2.05, 4.69) is 20.9 Å². The molecular formula is C12H7BrCl2N2O2. The highest BCUT2D eigenvalue weighted by atomic mass is 79.9. The van der Waals surface area contributed by atoms with Gasteiger partial charge in [-0.25, -0.2) is 4.98 Å². The van der Waals surface area contributed by atoms with Crippen LogP contribution in [0.5, 0.6) is 0 Å². The van der Waals surface area contributed by atoms with E-state index >= 15 is 0 Å². The quantitative estimate of drug-likeness (QED) is 0.789. The zero-order chi connectivity index (χ0) is 14.0. The van der Waals surface area contributed by atoms with Crippen LogP contribution in [0.3, 0.4) is 0 Å². The number of ketones is 1. The van der Waals surface area contributed by atoms with Gasteiger partial charge in [0.15, 0.2) is 5.78 Å². The molecule has 0 aliphatic rings. The molecule has 0 saturated heterocycles. The number of aromatic nitrogens is 2. The molecule has 19 heavy (non-hydrogen) atoms. The van der Waals surface area contributed by atoms with Crippen LogP contribution >= 0.6 is 39.1 Å². The predicted octanol–water partition coefficient (Wildman–Crippen LogP) is 3.20. The number of nitrogens with zero attached hydrogens (tertiary/aromatic N) is 2. The van der Waals surface area contributed by atoms with Crippen molar-refractivity contribution in [2.24, 2.45) is 0 Å². The van der Waals surface area contributed by atoms with E-state index in [9.17, 15) is 9.59 Å². The molecule has 0 unspecified atom stereocenters. The van der Waals surface area contributed by atoms with Crippen molar-refractivity contribution in [2.75, 3.05) is 0 Å². The molecule has 4 nitrogen and oxygen atoms in total. The van der Waals surface area contributed by atoms with Crippen molar-refractivity contribution >= 4 is 44.9 Å². The Hall–Kier alpha value is -1.17. The van der Waals surface area contributed by atoms with Gasteiger partial charge in [-0.3, -0.25) is 14.2 Å². The Balaban J connectivity index is 2.33. The molecule has 2 aromatic rings. The lowest BCUT2D eigenvalue weighted by atomic mass is 10.1. The third-order valence-electron chi connectivity index (χ3n) is 2.40. The number of Topliss-reactive ketones (excluding diaryl/α,β-unsaturated/α-hetero) is 1. The molecule has 1 aromatic carbocycles. The second kappa shape index (κ2) is 5.86. The van der Waals surface area contributed by atoms with Crippen LogP contribution in [0.25, 0.3) is 0 Å². The summed E-state index contributed by atoms with van der Waals surface area (Å²) in [5.74, 6) is -0.311. The fraction of sp³-hybridized carbons (Fsp3) is 0.0833. The summed E-state index contributed by atoms with van der Waals surface area (Å²) in [5.41, 5.74) is -0.0532. The van der Waals surface area contributed by atoms with E-state index in [1.165, 1.54) is 23.2 Å². The number of halogens is 3. The van der Waals surface area contributed by atoms with Gasteiger partial charge < -0.3 is 0 Å². The normalized spacial score (nSPS) is 10.5. The van der Waals surface area contributed by atoms with E-state index in [0.717, 1.165) is 0 Å². The minimum atomic E-state index is -0.332. The van der Waals surface area contributed by atoms with Crippen LogP contribution in [0.2, 0.25) is 10.0 Å². The number of rotatable bonds is 3. The molecule has 0 N–H and O–H groups in total. The first kappa shape index (κ1) is 14.2. The average molecular weight is 362 g/mol. The summed E-state index contributed by atoms with van der Waals surface area (Å²) in [6.45, 7) is -0.147. The highest BCUT2D eigenvalue weighted by Crippen LogP contribution is 2.21. The van der Waals surface area contributed by atoms with Crippen molar-refractivity contribution in [3.63, 3.8) is 0 Å². The van der Waals surface area contributed by atoms with Crippen LogP contribution in [0.4, 0.5) is 0 Å². The molecule has 0 fully saturated rings. The lowest BCUT2D eigenvalue weighted by Gasteiger charge is -2.06. The fourth-order valence-electron chi connectivity index (χ4n) is 1.49. The smallest absolute Gasteiger partial charge is 0.268 e. The molecule has 0 saturated carbocycles. The van der Waals surface area contributed by atoms with Crippen LogP contribution in [0.1, 0.15) is 10.4 Å². The van der Waals surface area contributed by atoms with Gasteiger partial charge in [-0.1, -0.05) is 23.2 Å². The van der Waals surface area contributed by atoms with Crippen molar-refractivity contribution in [2.45, 2.75) is 6.54 Å². The van der Waals surface area contributed by atoms with Crippen LogP contribution in [-0.2, 0) is 6.54 Å². The molecule has 0 aliphatic heterocycles. The number of hydrogen-bond donors (Lipinski definition) is 0. The maximum absolute atomic E-state index is 12.1. The summed E-state index contributed by atoms with van der Waals surface area (Å²) >= 11 is 14.8. The van der Waals surface area contributed by atoms with E-state index in [1.54, 1.807) is 12.1 Å². The third-order valence-corrected chi connectivity index (χ3v) is 3.51. The summed E-state index contributed by atoms with van der Waals surface area (Å²) in [6.07, 6.45) is 2.67. The molecule has 0 spiro atoms. The van der Waals surface area contributed by atoms with Gasteiger partial charge in [-0.05, 0) is 34.1 Å². The van der Waals surface area contributed by atoms with Gasteiger partial charge >= 0.3 is 0 Å². The Bertz CT molecular complexity index is 700. The Kier molecular flexibility index (Phi) is 4.39. The van der Waals surface area contributed by atoms with Crippen LogP contribution < -0.4 is 5.56 Å². The van der Waals surface area contributed by atoms with Crippen molar-refractivity contribution in [1.29, 1.82) is 0 Å². The van der Waals surface area contributed by atoms with E-state index in [1.807, 2.05) is 0 Å². The molecular weight excluding hydrogens is 355 g/mol. The zero-order valence-electron chi connectivity index (χ0n) is 9.44. The number of carbonyl (C=O) groups excluding carboxylic acids is 1. The number of benzene rings is 1. The van der Waals surface area contributed by atoms with Gasteiger partial charge in [0.1, 0.15) is 4.47 Å². The lowest BCUT2D eigenvalue weighted by molar-refractivity contribution is 0.0970. The fourth-order valence-corrected chi connectivity index (χ4v) is 2.23. The molecule has 7 heteroatoms. The Morgan fingerprint density at radius 1 is 1.37 bits per heavy atom. The number of carbonyl (C=O) groups is 1. The molecule has 98 valence electrons. The first-order chi connectivity index (χ1) is 8.99. The molecule has 1 heterocycles. The minimum absolute atomic E-state index is 0.147. The number of hydrogen-bond acceptors (Lipinski definition) is 3. The van der Waals surface area contributed by atoms with Gasteiger partial charge in [0.05, 0.1) is 17.9 Å². The summed E-state index contributed by atoms with van der Waals surface area (Å²) in [4.78, 5) is 27.7. The minimum Gasteiger partial charge on any atom is -0.292 e.